The average molecular weight is 399 g/mol. The van der Waals surface area contributed by atoms with E-state index in [1.807, 2.05) is 18.2 Å². The molecular weight excluding hydrogens is 376 g/mol. The number of aryl methyl sites for hydroxylation is 1. The minimum atomic E-state index is -0.551. The summed E-state index contributed by atoms with van der Waals surface area (Å²) in [6, 6.07) is 9.08. The fourth-order valence-electron chi connectivity index (χ4n) is 3.48. The van der Waals surface area contributed by atoms with Crippen LogP contribution < -0.4 is 0 Å². The maximum Gasteiger partial charge on any atom is 0.229 e. The predicted molar refractivity (Wildman–Crippen MR) is 104 cm³/mol. The van der Waals surface area contributed by atoms with Crippen molar-refractivity contribution in [2.45, 2.75) is 39.0 Å². The lowest BCUT2D eigenvalue weighted by atomic mass is 10.1. The highest BCUT2D eigenvalue weighted by atomic mass is 19.1. The molecule has 0 atom stereocenters. The fraction of sp³-hybridized carbons (Fsp3) is 0.364. The molecule has 0 saturated carbocycles. The molecule has 1 aromatic carbocycles. The van der Waals surface area contributed by atoms with Crippen molar-refractivity contribution < 1.29 is 17.9 Å². The summed E-state index contributed by atoms with van der Waals surface area (Å²) < 4.78 is 39.0. The molecule has 0 aliphatic carbocycles. The molecule has 0 bridgehead atoms. The third-order valence-electron chi connectivity index (χ3n) is 5.15. The molecule has 3 heterocycles. The van der Waals surface area contributed by atoms with E-state index in [0.29, 0.717) is 18.9 Å². The van der Waals surface area contributed by atoms with Gasteiger partial charge in [0.15, 0.2) is 0 Å². The number of hydrogen-bond donors (Lipinski definition) is 0. The van der Waals surface area contributed by atoms with Crippen molar-refractivity contribution in [3.63, 3.8) is 0 Å². The van der Waals surface area contributed by atoms with Gasteiger partial charge in [-0.1, -0.05) is 6.07 Å². The Balaban J connectivity index is 1.33. The van der Waals surface area contributed by atoms with Crippen molar-refractivity contribution in [1.29, 1.82) is 0 Å². The molecule has 29 heavy (non-hydrogen) atoms. The molecule has 1 saturated heterocycles. The number of pyridine rings is 1. The molecule has 0 radical (unpaired) electrons. The van der Waals surface area contributed by atoms with Crippen LogP contribution in [0, 0.1) is 18.6 Å². The molecule has 3 aromatic rings. The second-order valence-electron chi connectivity index (χ2n) is 7.25. The summed E-state index contributed by atoms with van der Waals surface area (Å²) in [5.74, 6) is -0.336. The largest absolute Gasteiger partial charge is 0.441 e. The summed E-state index contributed by atoms with van der Waals surface area (Å²) in [7, 11) is 0. The smallest absolute Gasteiger partial charge is 0.229 e. The zero-order valence-corrected chi connectivity index (χ0v) is 16.3. The van der Waals surface area contributed by atoms with Crippen LogP contribution in [-0.4, -0.2) is 34.1 Å². The van der Waals surface area contributed by atoms with Crippen LogP contribution >= 0.6 is 0 Å². The number of nitrogens with zero attached hydrogens (tertiary/aromatic N) is 3. The summed E-state index contributed by atoms with van der Waals surface area (Å²) in [4.78, 5) is 11.0. The van der Waals surface area contributed by atoms with E-state index in [1.165, 1.54) is 0 Å². The Morgan fingerprint density at radius 2 is 2.00 bits per heavy atom. The van der Waals surface area contributed by atoms with E-state index in [-0.39, 0.29) is 17.6 Å². The second-order valence-corrected chi connectivity index (χ2v) is 7.25. The lowest BCUT2D eigenvalue weighted by Gasteiger charge is -2.31. The van der Waals surface area contributed by atoms with E-state index in [0.717, 1.165) is 55.5 Å². The van der Waals surface area contributed by atoms with Crippen LogP contribution in [0.15, 0.2) is 47.0 Å². The highest BCUT2D eigenvalue weighted by Crippen LogP contribution is 2.26. The molecule has 0 amide bonds. The zero-order valence-electron chi connectivity index (χ0n) is 16.3. The van der Waals surface area contributed by atoms with Gasteiger partial charge in [-0.05, 0) is 50.1 Å². The van der Waals surface area contributed by atoms with Crippen LogP contribution in [0.4, 0.5) is 8.78 Å². The lowest BCUT2D eigenvalue weighted by molar-refractivity contribution is -0.00546. The minimum absolute atomic E-state index is 0.0426. The van der Waals surface area contributed by atoms with E-state index in [9.17, 15) is 8.78 Å². The van der Waals surface area contributed by atoms with Crippen LogP contribution in [0.5, 0.6) is 0 Å². The summed E-state index contributed by atoms with van der Waals surface area (Å²) in [5.41, 5.74) is 1.72. The SMILES string of the molecule is Cc1oc(-c2cc(F)ccc2F)nc1CN1CCC(OCc2ccccn2)CC1. The van der Waals surface area contributed by atoms with Crippen LogP contribution in [-0.2, 0) is 17.9 Å². The molecule has 4 rings (SSSR count). The van der Waals surface area contributed by atoms with Gasteiger partial charge in [0, 0.05) is 25.8 Å². The molecule has 7 heteroatoms. The van der Waals surface area contributed by atoms with Crippen molar-refractivity contribution in [2.75, 3.05) is 13.1 Å². The van der Waals surface area contributed by atoms with Gasteiger partial charge in [0.1, 0.15) is 17.4 Å². The standard InChI is InChI=1S/C22H23F2N3O2/c1-15-21(26-22(29-15)19-12-16(23)5-6-20(19)24)13-27-10-7-18(8-11-27)28-14-17-4-2-3-9-25-17/h2-6,9,12,18H,7-8,10-11,13-14H2,1H3. The first kappa shape index (κ1) is 19.7. The molecular formula is C22H23F2N3O2. The first-order valence-electron chi connectivity index (χ1n) is 9.74. The van der Waals surface area contributed by atoms with Crippen LogP contribution in [0.2, 0.25) is 0 Å². The monoisotopic (exact) mass is 399 g/mol. The highest BCUT2D eigenvalue weighted by molar-refractivity contribution is 5.54. The summed E-state index contributed by atoms with van der Waals surface area (Å²) in [6.07, 6.45) is 3.83. The van der Waals surface area contributed by atoms with Crippen molar-refractivity contribution in [1.82, 2.24) is 14.9 Å². The van der Waals surface area contributed by atoms with Crippen LogP contribution in [0.3, 0.4) is 0 Å². The maximum absolute atomic E-state index is 14.0. The molecule has 2 aromatic heterocycles. The van der Waals surface area contributed by atoms with Crippen molar-refractivity contribution in [3.05, 3.63) is 71.4 Å². The summed E-state index contributed by atoms with van der Waals surface area (Å²) >= 11 is 0. The number of piperidine rings is 1. The van der Waals surface area contributed by atoms with Crippen LogP contribution in [0.1, 0.15) is 30.0 Å². The van der Waals surface area contributed by atoms with Gasteiger partial charge in [0.25, 0.3) is 0 Å². The number of aromatic nitrogens is 2. The van der Waals surface area contributed by atoms with Crippen molar-refractivity contribution >= 4 is 0 Å². The van der Waals surface area contributed by atoms with Gasteiger partial charge in [-0.3, -0.25) is 9.88 Å². The molecule has 0 unspecified atom stereocenters. The number of ether oxygens (including phenoxy) is 1. The van der Waals surface area contributed by atoms with Crippen molar-refractivity contribution in [2.24, 2.45) is 0 Å². The number of hydrogen-bond acceptors (Lipinski definition) is 5. The second kappa shape index (κ2) is 8.80. The van der Waals surface area contributed by atoms with Crippen LogP contribution in [0.25, 0.3) is 11.5 Å². The zero-order chi connectivity index (χ0) is 20.2. The molecule has 0 N–H and O–H groups in total. The highest BCUT2D eigenvalue weighted by Gasteiger charge is 2.23. The van der Waals surface area contributed by atoms with E-state index in [2.05, 4.69) is 14.9 Å². The molecule has 0 spiro atoms. The lowest BCUT2D eigenvalue weighted by Crippen LogP contribution is -2.36. The van der Waals surface area contributed by atoms with Crippen molar-refractivity contribution in [3.8, 4) is 11.5 Å². The van der Waals surface area contributed by atoms with Gasteiger partial charge in [0.2, 0.25) is 5.89 Å². The molecule has 1 fully saturated rings. The van der Waals surface area contributed by atoms with Gasteiger partial charge in [-0.25, -0.2) is 13.8 Å². The Bertz CT molecular complexity index is 954. The quantitative estimate of drug-likeness (QED) is 0.611. The topological polar surface area (TPSA) is 51.4 Å². The Kier molecular flexibility index (Phi) is 5.97. The third-order valence-corrected chi connectivity index (χ3v) is 5.15. The predicted octanol–water partition coefficient (Wildman–Crippen LogP) is 4.50. The maximum atomic E-state index is 14.0. The average Bonchev–Trinajstić information content (AvgIpc) is 3.10. The number of benzene rings is 1. The summed E-state index contributed by atoms with van der Waals surface area (Å²) in [6.45, 7) is 4.69. The van der Waals surface area contributed by atoms with E-state index >= 15 is 0 Å². The van der Waals surface area contributed by atoms with E-state index < -0.39 is 11.6 Å². The Morgan fingerprint density at radius 3 is 2.76 bits per heavy atom. The van der Waals surface area contributed by atoms with Gasteiger partial charge in [-0.15, -0.1) is 0 Å². The number of likely N-dealkylation sites (tertiary alicyclic amines) is 1. The number of oxazole rings is 1. The molecule has 5 nitrogen and oxygen atoms in total. The normalized spacial score (nSPS) is 15.7. The van der Waals surface area contributed by atoms with Gasteiger partial charge in [-0.2, -0.15) is 0 Å². The third kappa shape index (κ3) is 4.86. The summed E-state index contributed by atoms with van der Waals surface area (Å²) in [5, 5.41) is 0. The van der Waals surface area contributed by atoms with Gasteiger partial charge < -0.3 is 9.15 Å². The van der Waals surface area contributed by atoms with E-state index in [4.69, 9.17) is 9.15 Å². The molecule has 1 aliphatic heterocycles. The minimum Gasteiger partial charge on any atom is -0.441 e. The number of halogens is 2. The number of rotatable bonds is 6. The van der Waals surface area contributed by atoms with E-state index in [1.54, 1.807) is 13.1 Å². The Morgan fingerprint density at radius 1 is 1.17 bits per heavy atom. The Hall–Kier alpha value is -2.64. The van der Waals surface area contributed by atoms with Gasteiger partial charge >= 0.3 is 0 Å². The fourth-order valence-corrected chi connectivity index (χ4v) is 3.48. The molecule has 152 valence electrons. The first-order chi connectivity index (χ1) is 14.1. The molecule has 1 aliphatic rings. The van der Waals surface area contributed by atoms with Gasteiger partial charge in [0.05, 0.1) is 29.7 Å². The Labute approximate surface area is 168 Å². The first-order valence-corrected chi connectivity index (χ1v) is 9.74.